The molecule has 0 saturated carbocycles. The summed E-state index contributed by atoms with van der Waals surface area (Å²) in [6, 6.07) is 12.4. The minimum Gasteiger partial charge on any atom is -0.496 e. The van der Waals surface area contributed by atoms with Crippen LogP contribution in [0, 0.1) is 0 Å². The molecular weight excluding hydrogens is 422 g/mol. The van der Waals surface area contributed by atoms with Gasteiger partial charge in [0.25, 0.3) is 5.91 Å². The fourth-order valence-electron chi connectivity index (χ4n) is 2.39. The van der Waals surface area contributed by atoms with Crippen molar-refractivity contribution < 1.29 is 9.53 Å². The van der Waals surface area contributed by atoms with Crippen molar-refractivity contribution in [1.82, 2.24) is 15.0 Å². The number of carbonyl (C=O) groups excluding carboxylic acids is 1. The maximum atomic E-state index is 12.4. The lowest BCUT2D eigenvalue weighted by Crippen LogP contribution is -2.15. The standard InChI is InChI=1S/C17H15BrClN5O2/c1-26-14-6-5-11(18)7-10(14)9-24-16(20)15(22-23-24)17(25)21-13-4-2-3-12(19)8-13/h2-8H,9,20H2,1H3,(H,21,25). The van der Waals surface area contributed by atoms with Crippen LogP contribution in [0.2, 0.25) is 5.02 Å². The Labute approximate surface area is 163 Å². The van der Waals surface area contributed by atoms with Crippen LogP contribution < -0.4 is 15.8 Å². The molecule has 3 N–H and O–H groups in total. The molecule has 0 aliphatic carbocycles. The maximum Gasteiger partial charge on any atom is 0.280 e. The van der Waals surface area contributed by atoms with Crippen molar-refractivity contribution in [3.63, 3.8) is 0 Å². The first-order chi connectivity index (χ1) is 12.5. The minimum absolute atomic E-state index is 0.0407. The van der Waals surface area contributed by atoms with E-state index in [4.69, 9.17) is 22.1 Å². The number of nitrogen functional groups attached to an aromatic ring is 1. The number of aromatic nitrogens is 3. The quantitative estimate of drug-likeness (QED) is 0.637. The van der Waals surface area contributed by atoms with E-state index in [1.807, 2.05) is 18.2 Å². The smallest absolute Gasteiger partial charge is 0.280 e. The summed E-state index contributed by atoms with van der Waals surface area (Å²) < 4.78 is 7.68. The van der Waals surface area contributed by atoms with E-state index in [1.54, 1.807) is 31.4 Å². The summed E-state index contributed by atoms with van der Waals surface area (Å²) in [5, 5.41) is 11.1. The van der Waals surface area contributed by atoms with E-state index in [0.29, 0.717) is 23.0 Å². The van der Waals surface area contributed by atoms with Crippen molar-refractivity contribution in [2.75, 3.05) is 18.2 Å². The van der Waals surface area contributed by atoms with Crippen LogP contribution in [-0.4, -0.2) is 28.0 Å². The van der Waals surface area contributed by atoms with Crippen molar-refractivity contribution in [3.8, 4) is 5.75 Å². The number of ether oxygens (including phenoxy) is 1. The Hall–Kier alpha value is -2.58. The predicted molar refractivity (Wildman–Crippen MR) is 104 cm³/mol. The molecule has 0 saturated heterocycles. The number of anilines is 2. The number of hydrogen-bond acceptors (Lipinski definition) is 5. The summed E-state index contributed by atoms with van der Waals surface area (Å²) in [5.41, 5.74) is 7.50. The number of hydrogen-bond donors (Lipinski definition) is 2. The van der Waals surface area contributed by atoms with Crippen LogP contribution in [0.5, 0.6) is 5.75 Å². The second-order valence-corrected chi connectivity index (χ2v) is 6.75. The van der Waals surface area contributed by atoms with Gasteiger partial charge in [-0.3, -0.25) is 4.79 Å². The Bertz CT molecular complexity index is 960. The van der Waals surface area contributed by atoms with Crippen LogP contribution in [0.4, 0.5) is 11.5 Å². The molecule has 0 radical (unpaired) electrons. The molecule has 0 aliphatic heterocycles. The van der Waals surface area contributed by atoms with Gasteiger partial charge in [-0.2, -0.15) is 0 Å². The fourth-order valence-corrected chi connectivity index (χ4v) is 2.99. The first-order valence-electron chi connectivity index (χ1n) is 7.56. The largest absolute Gasteiger partial charge is 0.496 e. The number of halogens is 2. The minimum atomic E-state index is -0.461. The van der Waals surface area contributed by atoms with Gasteiger partial charge in [0.15, 0.2) is 11.5 Å². The number of rotatable bonds is 5. The Morgan fingerprint density at radius 1 is 1.35 bits per heavy atom. The number of methoxy groups -OCH3 is 1. The van der Waals surface area contributed by atoms with Gasteiger partial charge in [-0.1, -0.05) is 38.8 Å². The Balaban J connectivity index is 1.82. The van der Waals surface area contributed by atoms with Gasteiger partial charge >= 0.3 is 0 Å². The molecule has 0 aliphatic rings. The lowest BCUT2D eigenvalue weighted by Gasteiger charge is -2.10. The van der Waals surface area contributed by atoms with Crippen LogP contribution in [0.3, 0.4) is 0 Å². The van der Waals surface area contributed by atoms with Crippen LogP contribution in [0.15, 0.2) is 46.9 Å². The number of benzene rings is 2. The van der Waals surface area contributed by atoms with E-state index < -0.39 is 5.91 Å². The Morgan fingerprint density at radius 3 is 2.88 bits per heavy atom. The normalized spacial score (nSPS) is 10.6. The van der Waals surface area contributed by atoms with Gasteiger partial charge in [-0.15, -0.1) is 5.10 Å². The van der Waals surface area contributed by atoms with E-state index in [2.05, 4.69) is 31.6 Å². The topological polar surface area (TPSA) is 95.1 Å². The molecule has 3 aromatic rings. The molecule has 0 atom stereocenters. The Morgan fingerprint density at radius 2 is 2.15 bits per heavy atom. The van der Waals surface area contributed by atoms with E-state index in [-0.39, 0.29) is 11.5 Å². The summed E-state index contributed by atoms with van der Waals surface area (Å²) in [6.45, 7) is 0.311. The van der Waals surface area contributed by atoms with Gasteiger partial charge in [0.05, 0.1) is 13.7 Å². The molecule has 1 heterocycles. The zero-order valence-corrected chi connectivity index (χ0v) is 16.1. The van der Waals surface area contributed by atoms with E-state index in [9.17, 15) is 4.79 Å². The molecule has 1 aromatic heterocycles. The highest BCUT2D eigenvalue weighted by atomic mass is 79.9. The van der Waals surface area contributed by atoms with Gasteiger partial charge in [0.2, 0.25) is 0 Å². The zero-order valence-electron chi connectivity index (χ0n) is 13.7. The summed E-state index contributed by atoms with van der Waals surface area (Å²) >= 11 is 9.34. The summed E-state index contributed by atoms with van der Waals surface area (Å²) in [4.78, 5) is 12.4. The van der Waals surface area contributed by atoms with Crippen LogP contribution >= 0.6 is 27.5 Å². The lowest BCUT2D eigenvalue weighted by molar-refractivity contribution is 0.102. The number of nitrogens with zero attached hydrogens (tertiary/aromatic N) is 3. The molecule has 2 aromatic carbocycles. The van der Waals surface area contributed by atoms with Gasteiger partial charge in [0.1, 0.15) is 5.75 Å². The zero-order chi connectivity index (χ0) is 18.7. The summed E-state index contributed by atoms with van der Waals surface area (Å²) in [7, 11) is 1.58. The Kier molecular flexibility index (Phi) is 5.43. The lowest BCUT2D eigenvalue weighted by atomic mass is 10.2. The molecule has 0 unspecified atom stereocenters. The molecule has 26 heavy (non-hydrogen) atoms. The molecular formula is C17H15BrClN5O2. The van der Waals surface area contributed by atoms with Crippen LogP contribution in [0.25, 0.3) is 0 Å². The molecule has 7 nitrogen and oxygen atoms in total. The van der Waals surface area contributed by atoms with Gasteiger partial charge in [-0.25, -0.2) is 4.68 Å². The molecule has 9 heteroatoms. The van der Waals surface area contributed by atoms with Gasteiger partial charge in [0, 0.05) is 20.7 Å². The van der Waals surface area contributed by atoms with Crippen LogP contribution in [0.1, 0.15) is 16.1 Å². The molecule has 134 valence electrons. The van der Waals surface area contributed by atoms with E-state index in [0.717, 1.165) is 10.0 Å². The molecule has 0 fully saturated rings. The third kappa shape index (κ3) is 3.97. The summed E-state index contributed by atoms with van der Waals surface area (Å²) in [6.07, 6.45) is 0. The average molecular weight is 437 g/mol. The van der Waals surface area contributed by atoms with Crippen molar-refractivity contribution in [3.05, 3.63) is 63.2 Å². The number of nitrogens with two attached hydrogens (primary N) is 1. The van der Waals surface area contributed by atoms with Gasteiger partial charge in [-0.05, 0) is 36.4 Å². The van der Waals surface area contributed by atoms with Crippen LogP contribution in [-0.2, 0) is 6.54 Å². The number of carbonyl (C=O) groups is 1. The predicted octanol–water partition coefficient (Wildman–Crippen LogP) is 3.59. The fraction of sp³-hybridized carbons (Fsp3) is 0.118. The number of nitrogens with one attached hydrogen (secondary N) is 1. The highest BCUT2D eigenvalue weighted by molar-refractivity contribution is 9.10. The third-order valence-corrected chi connectivity index (χ3v) is 4.36. The van der Waals surface area contributed by atoms with Crippen molar-refractivity contribution in [2.24, 2.45) is 0 Å². The highest BCUT2D eigenvalue weighted by Crippen LogP contribution is 2.25. The first-order valence-corrected chi connectivity index (χ1v) is 8.73. The molecule has 0 bridgehead atoms. The molecule has 0 spiro atoms. The molecule has 3 rings (SSSR count). The number of amides is 1. The maximum absolute atomic E-state index is 12.4. The van der Waals surface area contributed by atoms with E-state index >= 15 is 0 Å². The highest BCUT2D eigenvalue weighted by Gasteiger charge is 2.19. The third-order valence-electron chi connectivity index (χ3n) is 3.63. The second kappa shape index (κ2) is 7.76. The van der Waals surface area contributed by atoms with Crippen molar-refractivity contribution in [1.29, 1.82) is 0 Å². The molecule has 1 amide bonds. The average Bonchev–Trinajstić information content (AvgIpc) is 2.96. The first kappa shape index (κ1) is 18.2. The second-order valence-electron chi connectivity index (χ2n) is 5.40. The van der Waals surface area contributed by atoms with Gasteiger partial charge < -0.3 is 15.8 Å². The SMILES string of the molecule is COc1ccc(Br)cc1Cn1nnc(C(=O)Nc2cccc(Cl)c2)c1N. The summed E-state index contributed by atoms with van der Waals surface area (Å²) in [5.74, 6) is 0.386. The van der Waals surface area contributed by atoms with Crippen molar-refractivity contribution in [2.45, 2.75) is 6.54 Å². The van der Waals surface area contributed by atoms with E-state index in [1.165, 1.54) is 4.68 Å². The monoisotopic (exact) mass is 435 g/mol. The van der Waals surface area contributed by atoms with Crippen molar-refractivity contribution >= 4 is 44.9 Å².